The molecule has 0 saturated heterocycles. The van der Waals surface area contributed by atoms with Crippen LogP contribution >= 0.6 is 34.2 Å². The predicted octanol–water partition coefficient (Wildman–Crippen LogP) is 2.53. The molecule has 1 heterocycles. The zero-order valence-corrected chi connectivity index (χ0v) is 11.6. The van der Waals surface area contributed by atoms with E-state index in [4.69, 9.17) is 16.7 Å². The Morgan fingerprint density at radius 2 is 2.24 bits per heavy atom. The molecule has 0 aliphatic carbocycles. The minimum Gasteiger partial charge on any atom is -0.476 e. The molecule has 0 amide bonds. The average Bonchev–Trinajstić information content (AvgIpc) is 2.60. The fourth-order valence-corrected chi connectivity index (χ4v) is 2.51. The standard InChI is InChI=1S/C10H7ClIN3O2/c1-5-9(10(16)17)13-14-15(5)8-3-2-6(11)4-7(8)12/h2-4H,1H3,(H,16,17). The van der Waals surface area contributed by atoms with E-state index in [2.05, 4.69) is 32.9 Å². The smallest absolute Gasteiger partial charge is 0.358 e. The topological polar surface area (TPSA) is 68.0 Å². The second kappa shape index (κ2) is 4.61. The van der Waals surface area contributed by atoms with Gasteiger partial charge in [-0.2, -0.15) is 0 Å². The van der Waals surface area contributed by atoms with Crippen molar-refractivity contribution in [3.63, 3.8) is 0 Å². The summed E-state index contributed by atoms with van der Waals surface area (Å²) in [5.74, 6) is -1.09. The number of aromatic nitrogens is 3. The van der Waals surface area contributed by atoms with E-state index in [9.17, 15) is 4.79 Å². The van der Waals surface area contributed by atoms with Crippen molar-refractivity contribution in [3.05, 3.63) is 38.2 Å². The Morgan fingerprint density at radius 3 is 2.76 bits per heavy atom. The van der Waals surface area contributed by atoms with Crippen molar-refractivity contribution in [2.24, 2.45) is 0 Å². The lowest BCUT2D eigenvalue weighted by molar-refractivity contribution is 0.0689. The van der Waals surface area contributed by atoms with Crippen LogP contribution in [0.5, 0.6) is 0 Å². The number of rotatable bonds is 2. The van der Waals surface area contributed by atoms with E-state index in [0.717, 1.165) is 9.26 Å². The average molecular weight is 364 g/mol. The molecule has 1 N–H and O–H groups in total. The van der Waals surface area contributed by atoms with E-state index in [1.54, 1.807) is 25.1 Å². The van der Waals surface area contributed by atoms with Gasteiger partial charge in [-0.3, -0.25) is 0 Å². The maximum absolute atomic E-state index is 10.9. The summed E-state index contributed by atoms with van der Waals surface area (Å²) in [5.41, 5.74) is 1.20. The van der Waals surface area contributed by atoms with Crippen LogP contribution in [0.3, 0.4) is 0 Å². The first-order valence-corrected chi connectivity index (χ1v) is 6.07. The van der Waals surface area contributed by atoms with Crippen molar-refractivity contribution in [1.82, 2.24) is 15.0 Å². The number of benzene rings is 1. The fraction of sp³-hybridized carbons (Fsp3) is 0.100. The Balaban J connectivity index is 2.57. The molecule has 5 nitrogen and oxygen atoms in total. The molecule has 0 atom stereocenters. The van der Waals surface area contributed by atoms with Crippen molar-refractivity contribution in [3.8, 4) is 5.69 Å². The Morgan fingerprint density at radius 1 is 1.53 bits per heavy atom. The molecule has 0 spiro atoms. The van der Waals surface area contributed by atoms with Gasteiger partial charge in [0, 0.05) is 8.59 Å². The zero-order valence-electron chi connectivity index (χ0n) is 8.69. The van der Waals surface area contributed by atoms with Gasteiger partial charge in [-0.15, -0.1) is 5.10 Å². The number of aromatic carboxylic acids is 1. The lowest BCUT2D eigenvalue weighted by Gasteiger charge is -2.06. The summed E-state index contributed by atoms with van der Waals surface area (Å²) >= 11 is 7.97. The number of carbonyl (C=O) groups is 1. The van der Waals surface area contributed by atoms with Gasteiger partial charge in [0.2, 0.25) is 0 Å². The van der Waals surface area contributed by atoms with E-state index in [1.165, 1.54) is 4.68 Å². The largest absolute Gasteiger partial charge is 0.476 e. The maximum atomic E-state index is 10.9. The van der Waals surface area contributed by atoms with Gasteiger partial charge in [-0.1, -0.05) is 16.8 Å². The summed E-state index contributed by atoms with van der Waals surface area (Å²) in [4.78, 5) is 10.9. The third-order valence-corrected chi connectivity index (χ3v) is 3.33. The number of carboxylic acid groups (broad SMARTS) is 1. The molecular weight excluding hydrogens is 356 g/mol. The molecule has 0 aliphatic heterocycles. The molecule has 0 aliphatic rings. The Kier molecular flexibility index (Phi) is 3.34. The van der Waals surface area contributed by atoms with Gasteiger partial charge >= 0.3 is 5.97 Å². The summed E-state index contributed by atoms with van der Waals surface area (Å²) in [7, 11) is 0. The molecule has 1 aromatic heterocycles. The molecule has 0 saturated carbocycles. The number of hydrogen-bond acceptors (Lipinski definition) is 3. The second-order valence-corrected chi connectivity index (χ2v) is 4.93. The normalized spacial score (nSPS) is 10.5. The SMILES string of the molecule is Cc1c(C(=O)O)nnn1-c1ccc(Cl)cc1I. The number of nitrogens with zero attached hydrogens (tertiary/aromatic N) is 3. The van der Waals surface area contributed by atoms with Crippen molar-refractivity contribution < 1.29 is 9.90 Å². The third-order valence-electron chi connectivity index (χ3n) is 2.24. The summed E-state index contributed by atoms with van der Waals surface area (Å²) < 4.78 is 2.36. The van der Waals surface area contributed by atoms with E-state index < -0.39 is 5.97 Å². The Hall–Kier alpha value is -1.15. The van der Waals surface area contributed by atoms with Gasteiger partial charge in [0.05, 0.1) is 11.4 Å². The molecule has 1 aromatic carbocycles. The summed E-state index contributed by atoms with van der Waals surface area (Å²) in [6.07, 6.45) is 0. The number of hydrogen-bond donors (Lipinski definition) is 1. The monoisotopic (exact) mass is 363 g/mol. The molecule has 0 bridgehead atoms. The Labute approximate surface area is 116 Å². The van der Waals surface area contributed by atoms with Crippen LogP contribution in [0.4, 0.5) is 0 Å². The van der Waals surface area contributed by atoms with Crippen molar-refractivity contribution in [1.29, 1.82) is 0 Å². The lowest BCUT2D eigenvalue weighted by atomic mass is 10.3. The molecule has 88 valence electrons. The van der Waals surface area contributed by atoms with Crippen LogP contribution in [0.2, 0.25) is 5.02 Å². The molecule has 0 radical (unpaired) electrons. The van der Waals surface area contributed by atoms with Gasteiger partial charge in [-0.25, -0.2) is 9.48 Å². The summed E-state index contributed by atoms with van der Waals surface area (Å²) in [6.45, 7) is 1.66. The van der Waals surface area contributed by atoms with Gasteiger partial charge in [0.1, 0.15) is 0 Å². The van der Waals surface area contributed by atoms with Crippen LogP contribution in [0, 0.1) is 10.5 Å². The number of halogens is 2. The van der Waals surface area contributed by atoms with Crippen LogP contribution in [0.15, 0.2) is 18.2 Å². The molecule has 2 rings (SSSR count). The quantitative estimate of drug-likeness (QED) is 0.833. The highest BCUT2D eigenvalue weighted by Gasteiger charge is 2.17. The highest BCUT2D eigenvalue weighted by Crippen LogP contribution is 2.22. The highest BCUT2D eigenvalue weighted by atomic mass is 127. The zero-order chi connectivity index (χ0) is 12.6. The maximum Gasteiger partial charge on any atom is 0.358 e. The lowest BCUT2D eigenvalue weighted by Crippen LogP contribution is -2.04. The first-order valence-electron chi connectivity index (χ1n) is 4.61. The fourth-order valence-electron chi connectivity index (χ4n) is 1.41. The second-order valence-electron chi connectivity index (χ2n) is 3.34. The highest BCUT2D eigenvalue weighted by molar-refractivity contribution is 14.1. The summed E-state index contributed by atoms with van der Waals surface area (Å²) in [5, 5.41) is 17.0. The number of carboxylic acids is 1. The van der Waals surface area contributed by atoms with Crippen LogP contribution in [-0.4, -0.2) is 26.1 Å². The van der Waals surface area contributed by atoms with Crippen molar-refractivity contribution >= 4 is 40.2 Å². The summed E-state index contributed by atoms with van der Waals surface area (Å²) in [6, 6.07) is 5.27. The first kappa shape index (κ1) is 12.3. The minimum atomic E-state index is -1.09. The van der Waals surface area contributed by atoms with E-state index in [1.807, 2.05) is 0 Å². The molecule has 0 fully saturated rings. The van der Waals surface area contributed by atoms with Gasteiger partial charge in [0.15, 0.2) is 5.69 Å². The van der Waals surface area contributed by atoms with Crippen LogP contribution in [0.25, 0.3) is 5.69 Å². The van der Waals surface area contributed by atoms with Gasteiger partial charge in [-0.05, 0) is 47.7 Å². The molecule has 2 aromatic rings. The third kappa shape index (κ3) is 2.27. The molecule has 0 unspecified atom stereocenters. The minimum absolute atomic E-state index is 0.0456. The van der Waals surface area contributed by atoms with Crippen molar-refractivity contribution in [2.75, 3.05) is 0 Å². The first-order chi connectivity index (χ1) is 8.00. The van der Waals surface area contributed by atoms with Gasteiger partial charge in [0.25, 0.3) is 0 Å². The molecular formula is C10H7ClIN3O2. The predicted molar refractivity (Wildman–Crippen MR) is 70.8 cm³/mol. The van der Waals surface area contributed by atoms with Crippen molar-refractivity contribution in [2.45, 2.75) is 6.92 Å². The van der Waals surface area contributed by atoms with Crippen LogP contribution < -0.4 is 0 Å². The van der Waals surface area contributed by atoms with E-state index in [0.29, 0.717) is 10.7 Å². The Bertz CT molecular complexity index is 597. The van der Waals surface area contributed by atoms with Gasteiger partial charge < -0.3 is 5.11 Å². The van der Waals surface area contributed by atoms with Crippen LogP contribution in [-0.2, 0) is 0 Å². The molecule has 7 heteroatoms. The molecule has 17 heavy (non-hydrogen) atoms. The van der Waals surface area contributed by atoms with E-state index in [-0.39, 0.29) is 5.69 Å². The van der Waals surface area contributed by atoms with Crippen LogP contribution in [0.1, 0.15) is 16.2 Å². The van der Waals surface area contributed by atoms with E-state index >= 15 is 0 Å².